The molecule has 2 aromatic carbocycles. The summed E-state index contributed by atoms with van der Waals surface area (Å²) in [6.07, 6.45) is 6.28. The number of fused-ring (bicyclic) bond motifs is 1. The Kier molecular flexibility index (Phi) is 6.84. The fourth-order valence-corrected chi connectivity index (χ4v) is 3.89. The Labute approximate surface area is 184 Å². The molecule has 1 aliphatic rings. The average Bonchev–Trinajstić information content (AvgIpc) is 2.73. The normalized spacial score (nSPS) is 14.9. The summed E-state index contributed by atoms with van der Waals surface area (Å²) >= 11 is 0. The summed E-state index contributed by atoms with van der Waals surface area (Å²) in [5.41, 5.74) is 5.49. The largest absolute Gasteiger partial charge is 0.504 e. The summed E-state index contributed by atoms with van der Waals surface area (Å²) in [7, 11) is 1.55. The third-order valence-corrected chi connectivity index (χ3v) is 5.62. The number of methoxy groups -OCH3 is 1. The van der Waals surface area contributed by atoms with Crippen LogP contribution in [0.4, 0.5) is 0 Å². The molecule has 0 spiro atoms. The number of aryl methyl sites for hydroxylation is 1. The van der Waals surface area contributed by atoms with Crippen molar-refractivity contribution in [2.24, 2.45) is 0 Å². The van der Waals surface area contributed by atoms with Gasteiger partial charge in [-0.2, -0.15) is 0 Å². The Hall–Kier alpha value is -3.08. The van der Waals surface area contributed by atoms with Gasteiger partial charge in [-0.1, -0.05) is 29.4 Å². The second kappa shape index (κ2) is 9.38. The number of hydrogen-bond acceptors (Lipinski definition) is 5. The predicted octanol–water partition coefficient (Wildman–Crippen LogP) is 5.90. The van der Waals surface area contributed by atoms with Crippen molar-refractivity contribution in [1.29, 1.82) is 0 Å². The van der Waals surface area contributed by atoms with Gasteiger partial charge in [0.15, 0.2) is 23.0 Å². The molecular formula is C26H32O5. The van der Waals surface area contributed by atoms with Crippen molar-refractivity contribution in [3.8, 4) is 28.7 Å². The number of benzene rings is 2. The van der Waals surface area contributed by atoms with Gasteiger partial charge in [0.2, 0.25) is 0 Å². The molecule has 5 nitrogen and oxygen atoms in total. The lowest BCUT2D eigenvalue weighted by Crippen LogP contribution is -2.18. The maximum Gasteiger partial charge on any atom is 0.165 e. The molecule has 0 fully saturated rings. The van der Waals surface area contributed by atoms with Gasteiger partial charge in [-0.3, -0.25) is 0 Å². The van der Waals surface area contributed by atoms with Gasteiger partial charge in [-0.25, -0.2) is 0 Å². The third kappa shape index (κ3) is 4.82. The second-order valence-electron chi connectivity index (χ2n) is 8.51. The number of allylic oxidation sites excluding steroid dienone is 4. The molecule has 2 aromatic rings. The van der Waals surface area contributed by atoms with Gasteiger partial charge in [0, 0.05) is 11.1 Å². The van der Waals surface area contributed by atoms with Gasteiger partial charge in [0.05, 0.1) is 7.11 Å². The van der Waals surface area contributed by atoms with Gasteiger partial charge in [0.25, 0.3) is 0 Å². The van der Waals surface area contributed by atoms with Crippen LogP contribution in [-0.2, 0) is 19.3 Å². The zero-order valence-corrected chi connectivity index (χ0v) is 19.0. The highest BCUT2D eigenvalue weighted by molar-refractivity contribution is 5.59. The van der Waals surface area contributed by atoms with Gasteiger partial charge in [-0.15, -0.1) is 0 Å². The molecule has 1 unspecified atom stereocenters. The van der Waals surface area contributed by atoms with E-state index in [-0.39, 0.29) is 23.4 Å². The van der Waals surface area contributed by atoms with Crippen LogP contribution in [0.5, 0.6) is 28.7 Å². The van der Waals surface area contributed by atoms with Crippen LogP contribution in [0.3, 0.4) is 0 Å². The Morgan fingerprint density at radius 2 is 1.65 bits per heavy atom. The van der Waals surface area contributed by atoms with Gasteiger partial charge < -0.3 is 24.8 Å². The highest BCUT2D eigenvalue weighted by atomic mass is 16.5. The van der Waals surface area contributed by atoms with Crippen molar-refractivity contribution in [2.45, 2.75) is 59.5 Å². The first-order valence-electron chi connectivity index (χ1n) is 10.6. The molecule has 0 bridgehead atoms. The zero-order chi connectivity index (χ0) is 22.7. The zero-order valence-electron chi connectivity index (χ0n) is 19.0. The highest BCUT2D eigenvalue weighted by Crippen LogP contribution is 2.47. The number of rotatable bonds is 6. The van der Waals surface area contributed by atoms with E-state index in [0.29, 0.717) is 35.5 Å². The fraction of sp³-hybridized carbons (Fsp3) is 0.385. The first-order valence-corrected chi connectivity index (χ1v) is 10.6. The number of ether oxygens (including phenoxy) is 2. The number of aromatic hydroxyl groups is 3. The van der Waals surface area contributed by atoms with Crippen LogP contribution in [0.1, 0.15) is 62.5 Å². The molecule has 3 rings (SSSR count). The Morgan fingerprint density at radius 1 is 1.00 bits per heavy atom. The maximum absolute atomic E-state index is 10.8. The van der Waals surface area contributed by atoms with E-state index in [1.54, 1.807) is 7.11 Å². The Bertz CT molecular complexity index is 1020. The molecule has 0 amide bonds. The molecule has 31 heavy (non-hydrogen) atoms. The first kappa shape index (κ1) is 22.6. The maximum atomic E-state index is 10.8. The Morgan fingerprint density at radius 3 is 2.26 bits per heavy atom. The molecule has 5 heteroatoms. The minimum absolute atomic E-state index is 0.0951. The van der Waals surface area contributed by atoms with E-state index in [4.69, 9.17) is 9.47 Å². The summed E-state index contributed by atoms with van der Waals surface area (Å²) in [4.78, 5) is 0. The predicted molar refractivity (Wildman–Crippen MR) is 122 cm³/mol. The quantitative estimate of drug-likeness (QED) is 0.398. The molecule has 0 aromatic heterocycles. The molecule has 0 aliphatic carbocycles. The molecule has 166 valence electrons. The standard InChI is InChI=1S/C26H32O5/c1-15(2)6-9-19-18(11-12-21(27)24(19)28)22-13-8-17-14-23(30-5)25(29)20(26(17)31-22)10-7-16(3)4/h6-7,11-12,14,22,27-29H,8-10,13H2,1-5H3. The third-order valence-electron chi connectivity index (χ3n) is 5.62. The number of hydrogen-bond donors (Lipinski definition) is 3. The van der Waals surface area contributed by atoms with E-state index in [1.165, 1.54) is 6.07 Å². The van der Waals surface area contributed by atoms with E-state index < -0.39 is 0 Å². The molecule has 0 saturated heterocycles. The van der Waals surface area contributed by atoms with Gasteiger partial charge >= 0.3 is 0 Å². The van der Waals surface area contributed by atoms with Crippen molar-refractivity contribution >= 4 is 0 Å². The SMILES string of the molecule is COc1cc2c(c(CC=C(C)C)c1O)OC(c1ccc(O)c(O)c1CC=C(C)C)CC2. The van der Waals surface area contributed by atoms with E-state index in [2.05, 4.69) is 0 Å². The lowest BCUT2D eigenvalue weighted by Gasteiger charge is -2.30. The van der Waals surface area contributed by atoms with Crippen LogP contribution < -0.4 is 9.47 Å². The summed E-state index contributed by atoms with van der Waals surface area (Å²) in [5, 5.41) is 31.4. The number of phenols is 3. The molecule has 1 heterocycles. The summed E-state index contributed by atoms with van der Waals surface area (Å²) in [6.45, 7) is 8.03. The van der Waals surface area contributed by atoms with E-state index in [0.717, 1.165) is 35.1 Å². The lowest BCUT2D eigenvalue weighted by atomic mass is 9.90. The van der Waals surface area contributed by atoms with E-state index >= 15 is 0 Å². The highest BCUT2D eigenvalue weighted by Gasteiger charge is 2.29. The van der Waals surface area contributed by atoms with Crippen molar-refractivity contribution in [2.75, 3.05) is 7.11 Å². The van der Waals surface area contributed by atoms with Crippen LogP contribution >= 0.6 is 0 Å². The van der Waals surface area contributed by atoms with Crippen LogP contribution in [-0.4, -0.2) is 22.4 Å². The van der Waals surface area contributed by atoms with E-state index in [1.807, 2.05) is 52.0 Å². The van der Waals surface area contributed by atoms with Crippen LogP contribution in [0.2, 0.25) is 0 Å². The fourth-order valence-electron chi connectivity index (χ4n) is 3.89. The molecule has 1 atom stereocenters. The van der Waals surface area contributed by atoms with Crippen molar-refractivity contribution in [1.82, 2.24) is 0 Å². The number of phenolic OH excluding ortho intramolecular Hbond substituents is 3. The van der Waals surface area contributed by atoms with Crippen LogP contribution in [0.25, 0.3) is 0 Å². The second-order valence-corrected chi connectivity index (χ2v) is 8.51. The molecule has 0 radical (unpaired) electrons. The van der Waals surface area contributed by atoms with Crippen molar-refractivity contribution < 1.29 is 24.8 Å². The van der Waals surface area contributed by atoms with E-state index in [9.17, 15) is 15.3 Å². The summed E-state index contributed by atoms with van der Waals surface area (Å²) < 4.78 is 11.8. The smallest absolute Gasteiger partial charge is 0.165 e. The van der Waals surface area contributed by atoms with Crippen LogP contribution in [0.15, 0.2) is 41.5 Å². The van der Waals surface area contributed by atoms with Gasteiger partial charge in [-0.05, 0) is 76.6 Å². The lowest BCUT2D eigenvalue weighted by molar-refractivity contribution is 0.172. The molecule has 3 N–H and O–H groups in total. The molecule has 0 saturated carbocycles. The summed E-state index contributed by atoms with van der Waals surface area (Å²) in [6, 6.07) is 5.16. The minimum atomic E-state index is -0.294. The summed E-state index contributed by atoms with van der Waals surface area (Å²) in [5.74, 6) is 0.977. The van der Waals surface area contributed by atoms with Crippen LogP contribution in [0, 0.1) is 0 Å². The van der Waals surface area contributed by atoms with Crippen molar-refractivity contribution in [3.05, 3.63) is 63.8 Å². The topological polar surface area (TPSA) is 79.2 Å². The van der Waals surface area contributed by atoms with Gasteiger partial charge in [0.1, 0.15) is 11.9 Å². The van der Waals surface area contributed by atoms with Crippen molar-refractivity contribution in [3.63, 3.8) is 0 Å². The minimum Gasteiger partial charge on any atom is -0.504 e. The monoisotopic (exact) mass is 424 g/mol. The first-order chi connectivity index (χ1) is 14.7. The average molecular weight is 425 g/mol. The molecule has 1 aliphatic heterocycles. The Balaban J connectivity index is 2.06. The molecular weight excluding hydrogens is 392 g/mol.